The van der Waals surface area contributed by atoms with Crippen LogP contribution in [0.2, 0.25) is 0 Å². The summed E-state index contributed by atoms with van der Waals surface area (Å²) in [5.74, 6) is 0.781. The molecule has 4 nitrogen and oxygen atoms in total. The van der Waals surface area contributed by atoms with Gasteiger partial charge in [0, 0.05) is 12.6 Å². The zero-order valence-electron chi connectivity index (χ0n) is 13.3. The fourth-order valence-corrected chi connectivity index (χ4v) is 4.10. The summed E-state index contributed by atoms with van der Waals surface area (Å²) in [6.45, 7) is 4.06. The van der Waals surface area contributed by atoms with Gasteiger partial charge in [-0.15, -0.1) is 0 Å². The third-order valence-electron chi connectivity index (χ3n) is 5.22. The van der Waals surface area contributed by atoms with Gasteiger partial charge < -0.3 is 15.0 Å². The molecule has 0 amide bonds. The van der Waals surface area contributed by atoms with Crippen LogP contribution < -0.4 is 5.32 Å². The van der Waals surface area contributed by atoms with Gasteiger partial charge in [-0.1, -0.05) is 19.8 Å². The maximum absolute atomic E-state index is 12.1. The summed E-state index contributed by atoms with van der Waals surface area (Å²) in [6.07, 6.45) is 8.42. The Kier molecular flexibility index (Phi) is 5.44. The molecule has 20 heavy (non-hydrogen) atoms. The van der Waals surface area contributed by atoms with Crippen LogP contribution in [0.5, 0.6) is 0 Å². The quantitative estimate of drug-likeness (QED) is 0.758. The number of carbonyl (C=O) groups is 1. The zero-order valence-corrected chi connectivity index (χ0v) is 13.3. The molecule has 0 aromatic heterocycles. The normalized spacial score (nSPS) is 31.1. The molecule has 0 bridgehead atoms. The fraction of sp³-hybridized carbons (Fsp3) is 0.938. The van der Waals surface area contributed by atoms with Crippen LogP contribution in [0.25, 0.3) is 0 Å². The third-order valence-corrected chi connectivity index (χ3v) is 5.22. The molecule has 0 radical (unpaired) electrons. The molecule has 2 rings (SSSR count). The molecule has 0 aromatic rings. The van der Waals surface area contributed by atoms with E-state index < -0.39 is 5.54 Å². The molecule has 2 aliphatic carbocycles. The van der Waals surface area contributed by atoms with Gasteiger partial charge >= 0.3 is 5.97 Å². The van der Waals surface area contributed by atoms with Crippen molar-refractivity contribution in [3.63, 3.8) is 0 Å². The summed E-state index contributed by atoms with van der Waals surface area (Å²) in [7, 11) is 3.72. The second kappa shape index (κ2) is 6.90. The Hall–Kier alpha value is -0.610. The van der Waals surface area contributed by atoms with Gasteiger partial charge in [-0.05, 0) is 51.6 Å². The lowest BCUT2D eigenvalue weighted by Gasteiger charge is -2.30. The molecule has 0 aliphatic heterocycles. The van der Waals surface area contributed by atoms with Gasteiger partial charge in [0.1, 0.15) is 5.54 Å². The second-order valence-corrected chi connectivity index (χ2v) is 6.59. The number of rotatable bonds is 6. The van der Waals surface area contributed by atoms with E-state index >= 15 is 0 Å². The van der Waals surface area contributed by atoms with Crippen molar-refractivity contribution in [1.82, 2.24) is 10.2 Å². The molecule has 2 fully saturated rings. The van der Waals surface area contributed by atoms with Crippen molar-refractivity contribution in [1.29, 1.82) is 0 Å². The van der Waals surface area contributed by atoms with E-state index in [4.69, 9.17) is 4.74 Å². The molecule has 0 saturated heterocycles. The molecule has 2 unspecified atom stereocenters. The van der Waals surface area contributed by atoms with Gasteiger partial charge in [-0.3, -0.25) is 4.79 Å². The lowest BCUT2D eigenvalue weighted by Crippen LogP contribution is -2.51. The van der Waals surface area contributed by atoms with Crippen LogP contribution in [0.1, 0.15) is 51.9 Å². The van der Waals surface area contributed by atoms with E-state index in [-0.39, 0.29) is 5.97 Å². The van der Waals surface area contributed by atoms with Gasteiger partial charge in [-0.25, -0.2) is 0 Å². The van der Waals surface area contributed by atoms with Crippen LogP contribution in [0, 0.1) is 5.92 Å². The Morgan fingerprint density at radius 2 is 2.05 bits per heavy atom. The predicted octanol–water partition coefficient (Wildman–Crippen LogP) is 2.18. The summed E-state index contributed by atoms with van der Waals surface area (Å²) in [4.78, 5) is 14.6. The van der Waals surface area contributed by atoms with Crippen LogP contribution in [0.4, 0.5) is 0 Å². The van der Waals surface area contributed by atoms with E-state index in [0.29, 0.717) is 6.04 Å². The Balaban J connectivity index is 1.92. The van der Waals surface area contributed by atoms with Crippen molar-refractivity contribution < 1.29 is 9.53 Å². The average Bonchev–Trinajstić information content (AvgIpc) is 3.08. The minimum atomic E-state index is -0.446. The zero-order chi connectivity index (χ0) is 14.6. The molecular weight excluding hydrogens is 252 g/mol. The highest BCUT2D eigenvalue weighted by atomic mass is 16.5. The van der Waals surface area contributed by atoms with Crippen molar-refractivity contribution in [2.45, 2.75) is 63.5 Å². The van der Waals surface area contributed by atoms with Crippen LogP contribution in [-0.4, -0.2) is 49.7 Å². The first-order valence-corrected chi connectivity index (χ1v) is 8.15. The first-order chi connectivity index (χ1) is 9.61. The largest absolute Gasteiger partial charge is 0.468 e. The van der Waals surface area contributed by atoms with E-state index in [1.807, 2.05) is 0 Å². The van der Waals surface area contributed by atoms with Gasteiger partial charge in [0.2, 0.25) is 0 Å². The molecule has 0 heterocycles. The van der Waals surface area contributed by atoms with E-state index in [1.165, 1.54) is 39.3 Å². The van der Waals surface area contributed by atoms with Gasteiger partial charge in [0.15, 0.2) is 0 Å². The monoisotopic (exact) mass is 282 g/mol. The Morgan fingerprint density at radius 3 is 2.65 bits per heavy atom. The Bertz CT molecular complexity index is 328. The minimum Gasteiger partial charge on any atom is -0.468 e. The molecule has 1 N–H and O–H groups in total. The molecule has 2 aliphatic rings. The molecule has 4 heteroatoms. The fourth-order valence-electron chi connectivity index (χ4n) is 4.10. The number of hydrogen-bond acceptors (Lipinski definition) is 4. The molecule has 116 valence electrons. The summed E-state index contributed by atoms with van der Waals surface area (Å²) in [6, 6.07) is 0.508. The van der Waals surface area contributed by atoms with Gasteiger partial charge in [-0.2, -0.15) is 0 Å². The predicted molar refractivity (Wildman–Crippen MR) is 80.7 cm³/mol. The summed E-state index contributed by atoms with van der Waals surface area (Å²) < 4.78 is 5.03. The summed E-state index contributed by atoms with van der Waals surface area (Å²) in [5.41, 5.74) is -0.446. The highest BCUT2D eigenvalue weighted by molar-refractivity contribution is 5.81. The summed E-state index contributed by atoms with van der Waals surface area (Å²) in [5, 5.41) is 3.39. The number of methoxy groups -OCH3 is 1. The van der Waals surface area contributed by atoms with E-state index in [1.54, 1.807) is 0 Å². The van der Waals surface area contributed by atoms with Crippen molar-refractivity contribution in [3.8, 4) is 0 Å². The van der Waals surface area contributed by atoms with E-state index in [2.05, 4.69) is 24.2 Å². The molecule has 2 saturated carbocycles. The maximum atomic E-state index is 12.1. The third kappa shape index (κ3) is 3.34. The lowest BCUT2D eigenvalue weighted by molar-refractivity contribution is -0.148. The Labute approximate surface area is 123 Å². The highest BCUT2D eigenvalue weighted by Crippen LogP contribution is 2.35. The van der Waals surface area contributed by atoms with E-state index in [9.17, 15) is 4.79 Å². The topological polar surface area (TPSA) is 41.6 Å². The average molecular weight is 282 g/mol. The molecule has 0 aromatic carbocycles. The van der Waals surface area contributed by atoms with Crippen LogP contribution >= 0.6 is 0 Å². The first kappa shape index (κ1) is 15.8. The van der Waals surface area contributed by atoms with Crippen LogP contribution in [0.3, 0.4) is 0 Å². The number of ether oxygens (including phenoxy) is 1. The molecule has 0 spiro atoms. The van der Waals surface area contributed by atoms with Crippen molar-refractivity contribution in [3.05, 3.63) is 0 Å². The standard InChI is InChI=1S/C16H30N2O2/c1-4-17-16(15(19)20-3)10-9-14(11-16)18(2)12-13-7-5-6-8-13/h13-14,17H,4-12H2,1-3H3. The van der Waals surface area contributed by atoms with Crippen molar-refractivity contribution >= 4 is 5.97 Å². The highest BCUT2D eigenvalue weighted by Gasteiger charge is 2.46. The SMILES string of the molecule is CCNC1(C(=O)OC)CCC(N(C)CC2CCCC2)C1. The first-order valence-electron chi connectivity index (χ1n) is 8.15. The molecular formula is C16H30N2O2. The Morgan fingerprint density at radius 1 is 1.35 bits per heavy atom. The maximum Gasteiger partial charge on any atom is 0.326 e. The lowest BCUT2D eigenvalue weighted by atomic mass is 9.97. The number of esters is 1. The number of likely N-dealkylation sites (N-methyl/N-ethyl adjacent to an activating group) is 1. The van der Waals surface area contributed by atoms with Crippen molar-refractivity contribution in [2.24, 2.45) is 5.92 Å². The van der Waals surface area contributed by atoms with Crippen molar-refractivity contribution in [2.75, 3.05) is 27.2 Å². The van der Waals surface area contributed by atoms with Crippen LogP contribution in [0.15, 0.2) is 0 Å². The summed E-state index contributed by atoms with van der Waals surface area (Å²) >= 11 is 0. The second-order valence-electron chi connectivity index (χ2n) is 6.59. The smallest absolute Gasteiger partial charge is 0.326 e. The number of carbonyl (C=O) groups excluding carboxylic acids is 1. The molecule has 2 atom stereocenters. The van der Waals surface area contributed by atoms with Gasteiger partial charge in [0.25, 0.3) is 0 Å². The minimum absolute atomic E-state index is 0.0869. The number of hydrogen-bond donors (Lipinski definition) is 1. The number of nitrogens with one attached hydrogen (secondary N) is 1. The van der Waals surface area contributed by atoms with Crippen LogP contribution in [-0.2, 0) is 9.53 Å². The number of nitrogens with zero attached hydrogens (tertiary/aromatic N) is 1. The van der Waals surface area contributed by atoms with Gasteiger partial charge in [0.05, 0.1) is 7.11 Å². The van der Waals surface area contributed by atoms with E-state index in [0.717, 1.165) is 31.7 Å².